The molecule has 0 aliphatic rings. The zero-order chi connectivity index (χ0) is 22.5. The van der Waals surface area contributed by atoms with Gasteiger partial charge in [0.1, 0.15) is 5.15 Å². The van der Waals surface area contributed by atoms with Crippen LogP contribution in [0.3, 0.4) is 0 Å². The summed E-state index contributed by atoms with van der Waals surface area (Å²) in [6, 6.07) is 11.1. The Morgan fingerprint density at radius 2 is 1.94 bits per heavy atom. The molecular formula is C19H13ClN4O6S. The molecule has 2 N–H and O–H groups in total. The van der Waals surface area contributed by atoms with Crippen molar-refractivity contribution < 1.29 is 19.6 Å². The van der Waals surface area contributed by atoms with Gasteiger partial charge in [-0.25, -0.2) is 10.2 Å². The Hall–Kier alpha value is -3.83. The average molecular weight is 461 g/mol. The maximum absolute atomic E-state index is 12.3. The summed E-state index contributed by atoms with van der Waals surface area (Å²) in [6.07, 6.45) is 1.21. The summed E-state index contributed by atoms with van der Waals surface area (Å²) in [7, 11) is 0. The molecule has 0 bridgehead atoms. The van der Waals surface area contributed by atoms with Crippen LogP contribution in [0.15, 0.2) is 58.4 Å². The minimum absolute atomic E-state index is 0.0677. The molecule has 158 valence electrons. The molecule has 12 heteroatoms. The van der Waals surface area contributed by atoms with Gasteiger partial charge in [-0.15, -0.1) is 0 Å². The van der Waals surface area contributed by atoms with E-state index in [0.29, 0.717) is 10.4 Å². The van der Waals surface area contributed by atoms with Crippen molar-refractivity contribution in [3.63, 3.8) is 0 Å². The molecule has 3 aromatic rings. The van der Waals surface area contributed by atoms with Crippen LogP contribution in [0.25, 0.3) is 0 Å². The first-order valence-corrected chi connectivity index (χ1v) is 9.75. The molecule has 0 saturated heterocycles. The van der Waals surface area contributed by atoms with Gasteiger partial charge in [-0.2, -0.15) is 5.10 Å². The van der Waals surface area contributed by atoms with Crippen LogP contribution in [0.4, 0.5) is 5.69 Å². The topological polar surface area (TPSA) is 144 Å². The maximum Gasteiger partial charge on any atom is 0.335 e. The maximum atomic E-state index is 12.3. The highest BCUT2D eigenvalue weighted by Gasteiger charge is 2.13. The number of amides is 1. The molecule has 3 rings (SSSR count). The Kier molecular flexibility index (Phi) is 6.58. The van der Waals surface area contributed by atoms with Crippen LogP contribution in [-0.4, -0.2) is 32.7 Å². The largest absolute Gasteiger partial charge is 0.478 e. The number of hydrogen-bond donors (Lipinski definition) is 2. The van der Waals surface area contributed by atoms with Crippen LogP contribution in [0.1, 0.15) is 31.2 Å². The summed E-state index contributed by atoms with van der Waals surface area (Å²) >= 11 is 7.06. The SMILES string of the molecule is O=C(O)c1cccc(Cn2c(Cl)c(/C=N\NC(=O)c3ccc([N+](=O)[O-])cc3)sc2=O)c1. The number of carboxylic acid groups (broad SMARTS) is 1. The Bertz CT molecular complexity index is 1250. The van der Waals surface area contributed by atoms with Gasteiger partial charge in [-0.05, 0) is 29.8 Å². The Morgan fingerprint density at radius 1 is 1.23 bits per heavy atom. The summed E-state index contributed by atoms with van der Waals surface area (Å²) in [5, 5.41) is 23.6. The van der Waals surface area contributed by atoms with Gasteiger partial charge >= 0.3 is 10.8 Å². The molecule has 10 nitrogen and oxygen atoms in total. The summed E-state index contributed by atoms with van der Waals surface area (Å²) in [6.45, 7) is 0.0677. The van der Waals surface area contributed by atoms with Crippen molar-refractivity contribution in [3.05, 3.63) is 95.0 Å². The number of nitrogens with one attached hydrogen (secondary N) is 1. The van der Waals surface area contributed by atoms with Crippen LogP contribution in [0.2, 0.25) is 5.15 Å². The summed E-state index contributed by atoms with van der Waals surface area (Å²) in [4.78, 5) is 45.4. The van der Waals surface area contributed by atoms with Gasteiger partial charge in [-0.3, -0.25) is 24.3 Å². The van der Waals surface area contributed by atoms with E-state index in [-0.39, 0.29) is 33.4 Å². The number of carbonyl (C=O) groups excluding carboxylic acids is 1. The molecule has 0 fully saturated rings. The number of aromatic carboxylic acids is 1. The second-order valence-electron chi connectivity index (χ2n) is 6.12. The van der Waals surface area contributed by atoms with E-state index in [2.05, 4.69) is 10.5 Å². The monoisotopic (exact) mass is 460 g/mol. The average Bonchev–Trinajstić information content (AvgIpc) is 3.01. The fourth-order valence-corrected chi connectivity index (χ4v) is 3.66. The molecule has 1 heterocycles. The minimum atomic E-state index is -1.08. The van der Waals surface area contributed by atoms with Crippen molar-refractivity contribution in [2.45, 2.75) is 6.54 Å². The number of benzene rings is 2. The second-order valence-corrected chi connectivity index (χ2v) is 7.47. The first kappa shape index (κ1) is 21.9. The second kappa shape index (κ2) is 9.32. The van der Waals surface area contributed by atoms with Crippen LogP contribution < -0.4 is 10.3 Å². The van der Waals surface area contributed by atoms with Gasteiger partial charge in [0.05, 0.1) is 28.1 Å². The number of hydrogen-bond acceptors (Lipinski definition) is 7. The lowest BCUT2D eigenvalue weighted by molar-refractivity contribution is -0.384. The fraction of sp³-hybridized carbons (Fsp3) is 0.0526. The van der Waals surface area contributed by atoms with Crippen LogP contribution in [0.5, 0.6) is 0 Å². The number of nitro benzene ring substituents is 1. The van der Waals surface area contributed by atoms with Gasteiger partial charge in [0.2, 0.25) is 0 Å². The van der Waals surface area contributed by atoms with E-state index in [4.69, 9.17) is 16.7 Å². The molecular weight excluding hydrogens is 448 g/mol. The number of halogens is 1. The van der Waals surface area contributed by atoms with Crippen molar-refractivity contribution in [3.8, 4) is 0 Å². The van der Waals surface area contributed by atoms with Gasteiger partial charge in [0.15, 0.2) is 0 Å². The lowest BCUT2D eigenvalue weighted by Crippen LogP contribution is -2.17. The zero-order valence-corrected chi connectivity index (χ0v) is 17.1. The number of nitrogens with zero attached hydrogens (tertiary/aromatic N) is 3. The highest BCUT2D eigenvalue weighted by atomic mass is 35.5. The highest BCUT2D eigenvalue weighted by molar-refractivity contribution is 7.11. The Balaban J connectivity index is 1.71. The first-order chi connectivity index (χ1) is 14.8. The zero-order valence-electron chi connectivity index (χ0n) is 15.5. The Labute approximate surface area is 183 Å². The number of rotatable bonds is 7. The van der Waals surface area contributed by atoms with Gasteiger partial charge in [0, 0.05) is 17.7 Å². The molecule has 0 unspecified atom stereocenters. The van der Waals surface area contributed by atoms with Crippen LogP contribution in [-0.2, 0) is 6.54 Å². The van der Waals surface area contributed by atoms with E-state index < -0.39 is 16.8 Å². The number of carboxylic acids is 1. The van der Waals surface area contributed by atoms with Crippen LogP contribution >= 0.6 is 22.9 Å². The molecule has 0 spiro atoms. The summed E-state index contributed by atoms with van der Waals surface area (Å²) in [5.41, 5.74) is 2.94. The van der Waals surface area contributed by atoms with E-state index in [1.807, 2.05) is 0 Å². The number of carbonyl (C=O) groups is 2. The highest BCUT2D eigenvalue weighted by Crippen LogP contribution is 2.19. The predicted molar refractivity (Wildman–Crippen MR) is 114 cm³/mol. The molecule has 2 aromatic carbocycles. The summed E-state index contributed by atoms with van der Waals surface area (Å²) < 4.78 is 1.26. The van der Waals surface area contributed by atoms with E-state index in [1.54, 1.807) is 12.1 Å². The van der Waals surface area contributed by atoms with Crippen molar-refractivity contribution >= 4 is 46.7 Å². The van der Waals surface area contributed by atoms with Crippen molar-refractivity contribution in [1.82, 2.24) is 9.99 Å². The van der Waals surface area contributed by atoms with Gasteiger partial charge in [-0.1, -0.05) is 35.1 Å². The number of hydrazone groups is 1. The van der Waals surface area contributed by atoms with E-state index in [9.17, 15) is 24.5 Å². The first-order valence-electron chi connectivity index (χ1n) is 8.55. The lowest BCUT2D eigenvalue weighted by atomic mass is 10.1. The molecule has 0 saturated carbocycles. The third kappa shape index (κ3) is 5.21. The van der Waals surface area contributed by atoms with E-state index in [1.165, 1.54) is 47.2 Å². The van der Waals surface area contributed by atoms with Crippen molar-refractivity contribution in [2.75, 3.05) is 0 Å². The number of nitro groups is 1. The number of non-ortho nitro benzene ring substituents is 1. The molecule has 1 aromatic heterocycles. The van der Waals surface area contributed by atoms with Crippen molar-refractivity contribution in [1.29, 1.82) is 0 Å². The molecule has 1 amide bonds. The summed E-state index contributed by atoms with van der Waals surface area (Å²) in [5.74, 6) is -1.68. The molecule has 0 aliphatic heterocycles. The third-order valence-electron chi connectivity index (χ3n) is 4.06. The normalized spacial score (nSPS) is 10.9. The lowest BCUT2D eigenvalue weighted by Gasteiger charge is -2.05. The van der Waals surface area contributed by atoms with Gasteiger partial charge in [0.25, 0.3) is 11.6 Å². The van der Waals surface area contributed by atoms with Gasteiger partial charge < -0.3 is 5.11 Å². The quantitative estimate of drug-likeness (QED) is 0.315. The third-order valence-corrected chi connectivity index (χ3v) is 5.49. The number of thiazole rings is 1. The fourth-order valence-electron chi connectivity index (χ4n) is 2.55. The molecule has 0 atom stereocenters. The van der Waals surface area contributed by atoms with E-state index in [0.717, 1.165) is 11.3 Å². The molecule has 31 heavy (non-hydrogen) atoms. The van der Waals surface area contributed by atoms with Crippen molar-refractivity contribution in [2.24, 2.45) is 5.10 Å². The number of aromatic nitrogens is 1. The molecule has 0 aliphatic carbocycles. The predicted octanol–water partition coefficient (Wildman–Crippen LogP) is 2.98. The van der Waals surface area contributed by atoms with E-state index >= 15 is 0 Å². The smallest absolute Gasteiger partial charge is 0.335 e. The Morgan fingerprint density at radius 3 is 2.58 bits per heavy atom. The van der Waals surface area contributed by atoms with Crippen LogP contribution in [0, 0.1) is 10.1 Å². The minimum Gasteiger partial charge on any atom is -0.478 e. The molecule has 0 radical (unpaired) electrons. The standard InChI is InChI=1S/C19H13ClN4O6S/c20-16-15(9-21-22-17(25)12-4-6-14(7-5-12)24(29)30)31-19(28)23(16)10-11-2-1-3-13(8-11)18(26)27/h1-9H,10H2,(H,22,25)(H,26,27)/b21-9-.